The van der Waals surface area contributed by atoms with E-state index in [4.69, 9.17) is 0 Å². The van der Waals surface area contributed by atoms with Gasteiger partial charge in [-0.3, -0.25) is 4.98 Å². The number of nitrogens with zero attached hydrogens (tertiary/aromatic N) is 1. The number of hydrogen-bond donors (Lipinski definition) is 0. The molecule has 0 radical (unpaired) electrons. The third-order valence-corrected chi connectivity index (χ3v) is 2.41. The van der Waals surface area contributed by atoms with Gasteiger partial charge in [-0.05, 0) is 17.5 Å². The number of aromatic nitrogens is 1. The molecule has 0 aliphatic heterocycles. The molecule has 0 amide bonds. The molecule has 1 heterocycles. The summed E-state index contributed by atoms with van der Waals surface area (Å²) in [6.45, 7) is 0. The van der Waals surface area contributed by atoms with E-state index in [0.29, 0.717) is 6.07 Å². The lowest BCUT2D eigenvalue weighted by Crippen LogP contribution is -2.17. The van der Waals surface area contributed by atoms with Crippen molar-refractivity contribution in [2.45, 2.75) is 12.4 Å². The molecule has 1 aromatic carbocycles. The quantitative estimate of drug-likeness (QED) is 0.648. The first-order valence-electron chi connectivity index (χ1n) is 4.72. The maximum absolute atomic E-state index is 12.8. The van der Waals surface area contributed by atoms with Crippen molar-refractivity contribution in [2.75, 3.05) is 0 Å². The van der Waals surface area contributed by atoms with Gasteiger partial charge in [0.15, 0.2) is 0 Å². The van der Waals surface area contributed by atoms with Crippen LogP contribution in [0.25, 0.3) is 10.8 Å². The Bertz CT molecular complexity index is 584. The molecule has 2 aromatic rings. The number of fused-ring (bicyclic) bond motifs is 1. The van der Waals surface area contributed by atoms with Crippen molar-refractivity contribution in [3.8, 4) is 0 Å². The Balaban J connectivity index is 2.89. The SMILES string of the molecule is FC(F)(F)c1ccc2ccncc2c1C(F)(F)F. The molecule has 0 unspecified atom stereocenters. The Morgan fingerprint density at radius 2 is 1.50 bits per heavy atom. The monoisotopic (exact) mass is 265 g/mol. The lowest BCUT2D eigenvalue weighted by molar-refractivity contribution is -0.161. The zero-order chi connectivity index (χ0) is 13.6. The number of hydrogen-bond acceptors (Lipinski definition) is 1. The van der Waals surface area contributed by atoms with Gasteiger partial charge in [-0.25, -0.2) is 0 Å². The largest absolute Gasteiger partial charge is 0.417 e. The van der Waals surface area contributed by atoms with E-state index in [-0.39, 0.29) is 5.39 Å². The molecule has 0 N–H and O–H groups in total. The molecular weight excluding hydrogens is 260 g/mol. The van der Waals surface area contributed by atoms with E-state index < -0.39 is 28.9 Å². The van der Waals surface area contributed by atoms with Gasteiger partial charge in [0, 0.05) is 17.8 Å². The van der Waals surface area contributed by atoms with Crippen molar-refractivity contribution in [3.63, 3.8) is 0 Å². The molecule has 7 heteroatoms. The number of rotatable bonds is 0. The Kier molecular flexibility index (Phi) is 2.71. The molecule has 0 saturated carbocycles. The first-order valence-corrected chi connectivity index (χ1v) is 4.72. The van der Waals surface area contributed by atoms with Crippen molar-refractivity contribution in [2.24, 2.45) is 0 Å². The maximum atomic E-state index is 12.8. The molecule has 96 valence electrons. The number of benzene rings is 1. The van der Waals surface area contributed by atoms with Gasteiger partial charge in [-0.2, -0.15) is 26.3 Å². The van der Waals surface area contributed by atoms with E-state index in [1.54, 1.807) is 0 Å². The maximum Gasteiger partial charge on any atom is 0.417 e. The van der Waals surface area contributed by atoms with E-state index in [1.807, 2.05) is 0 Å². The normalized spacial score (nSPS) is 13.0. The van der Waals surface area contributed by atoms with E-state index in [9.17, 15) is 26.3 Å². The predicted molar refractivity (Wildman–Crippen MR) is 51.7 cm³/mol. The minimum absolute atomic E-state index is 0.0605. The van der Waals surface area contributed by atoms with Crippen LogP contribution < -0.4 is 0 Å². The zero-order valence-corrected chi connectivity index (χ0v) is 8.60. The summed E-state index contributed by atoms with van der Waals surface area (Å²) in [6, 6.07) is 2.66. The fourth-order valence-corrected chi connectivity index (χ4v) is 1.70. The van der Waals surface area contributed by atoms with E-state index >= 15 is 0 Å². The van der Waals surface area contributed by atoms with E-state index in [0.717, 1.165) is 12.3 Å². The third kappa shape index (κ3) is 2.12. The van der Waals surface area contributed by atoms with Crippen LogP contribution >= 0.6 is 0 Å². The fraction of sp³-hybridized carbons (Fsp3) is 0.182. The lowest BCUT2D eigenvalue weighted by atomic mass is 9.99. The van der Waals surface area contributed by atoms with Crippen molar-refractivity contribution in [1.29, 1.82) is 0 Å². The molecule has 0 aliphatic carbocycles. The molecule has 0 bridgehead atoms. The highest BCUT2D eigenvalue weighted by Gasteiger charge is 2.44. The number of alkyl halides is 6. The average molecular weight is 265 g/mol. The molecule has 18 heavy (non-hydrogen) atoms. The molecule has 0 aliphatic rings. The van der Waals surface area contributed by atoms with Crippen molar-refractivity contribution >= 4 is 10.8 Å². The number of pyridine rings is 1. The smallest absolute Gasteiger partial charge is 0.264 e. The Morgan fingerprint density at radius 1 is 0.833 bits per heavy atom. The van der Waals surface area contributed by atoms with E-state index in [1.165, 1.54) is 12.3 Å². The summed E-state index contributed by atoms with van der Waals surface area (Å²) in [6.07, 6.45) is -8.15. The fourth-order valence-electron chi connectivity index (χ4n) is 1.70. The minimum atomic E-state index is -5.09. The summed E-state index contributed by atoms with van der Waals surface area (Å²) < 4.78 is 76.1. The molecule has 0 spiro atoms. The van der Waals surface area contributed by atoms with Crippen LogP contribution in [-0.4, -0.2) is 4.98 Å². The second-order valence-electron chi connectivity index (χ2n) is 3.58. The van der Waals surface area contributed by atoms with Crippen LogP contribution in [0.1, 0.15) is 11.1 Å². The topological polar surface area (TPSA) is 12.9 Å². The summed E-state index contributed by atoms with van der Waals surface area (Å²) in [5.74, 6) is 0. The highest BCUT2D eigenvalue weighted by molar-refractivity contribution is 5.86. The summed E-state index contributed by atoms with van der Waals surface area (Å²) in [4.78, 5) is 3.44. The third-order valence-electron chi connectivity index (χ3n) is 2.41. The number of halogens is 6. The second kappa shape index (κ2) is 3.86. The van der Waals surface area contributed by atoms with Crippen LogP contribution in [0.3, 0.4) is 0 Å². The van der Waals surface area contributed by atoms with Gasteiger partial charge in [0.05, 0.1) is 11.1 Å². The summed E-state index contributed by atoms with van der Waals surface area (Å²) in [5.41, 5.74) is -3.39. The molecule has 0 fully saturated rings. The van der Waals surface area contributed by atoms with Gasteiger partial charge < -0.3 is 0 Å². The molecule has 1 aromatic heterocycles. The molecule has 2 rings (SSSR count). The van der Waals surface area contributed by atoms with Gasteiger partial charge >= 0.3 is 12.4 Å². The highest BCUT2D eigenvalue weighted by atomic mass is 19.4. The van der Waals surface area contributed by atoms with Gasteiger partial charge in [-0.15, -0.1) is 0 Å². The zero-order valence-electron chi connectivity index (χ0n) is 8.60. The van der Waals surface area contributed by atoms with Crippen LogP contribution in [0.4, 0.5) is 26.3 Å². The van der Waals surface area contributed by atoms with Gasteiger partial charge in [0.25, 0.3) is 0 Å². The summed E-state index contributed by atoms with van der Waals surface area (Å²) >= 11 is 0. The van der Waals surface area contributed by atoms with Crippen LogP contribution in [-0.2, 0) is 12.4 Å². The van der Waals surface area contributed by atoms with Crippen LogP contribution in [0.15, 0.2) is 30.6 Å². The van der Waals surface area contributed by atoms with Crippen molar-refractivity contribution < 1.29 is 26.3 Å². The predicted octanol–water partition coefficient (Wildman–Crippen LogP) is 4.27. The van der Waals surface area contributed by atoms with Crippen molar-refractivity contribution in [3.05, 3.63) is 41.7 Å². The van der Waals surface area contributed by atoms with Gasteiger partial charge in [0.1, 0.15) is 0 Å². The first-order chi connectivity index (χ1) is 8.21. The summed E-state index contributed by atoms with van der Waals surface area (Å²) in [7, 11) is 0. The van der Waals surface area contributed by atoms with Gasteiger partial charge in [-0.1, -0.05) is 6.07 Å². The van der Waals surface area contributed by atoms with E-state index in [2.05, 4.69) is 4.98 Å². The Labute approximate surface area is 97.1 Å². The standard InChI is InChI=1S/C11H5F6N/c12-10(13,14)8-2-1-6-3-4-18-5-7(6)9(8)11(15,16)17/h1-5H. The molecular formula is C11H5F6N. The first kappa shape index (κ1) is 12.7. The molecule has 0 atom stereocenters. The van der Waals surface area contributed by atoms with Gasteiger partial charge in [0.2, 0.25) is 0 Å². The van der Waals surface area contributed by atoms with Crippen molar-refractivity contribution in [1.82, 2.24) is 4.98 Å². The molecule has 1 nitrogen and oxygen atoms in total. The minimum Gasteiger partial charge on any atom is -0.264 e. The summed E-state index contributed by atoms with van der Waals surface area (Å²) in [5, 5.41) is -0.495. The lowest BCUT2D eigenvalue weighted by Gasteiger charge is -2.17. The Morgan fingerprint density at radius 3 is 2.06 bits per heavy atom. The van der Waals surface area contributed by atoms with Crippen LogP contribution in [0.5, 0.6) is 0 Å². The van der Waals surface area contributed by atoms with Crippen LogP contribution in [0, 0.1) is 0 Å². The highest BCUT2D eigenvalue weighted by Crippen LogP contribution is 2.43. The average Bonchev–Trinajstić information content (AvgIpc) is 2.24. The second-order valence-corrected chi connectivity index (χ2v) is 3.58. The molecule has 0 saturated heterocycles. The van der Waals surface area contributed by atoms with Crippen LogP contribution in [0.2, 0.25) is 0 Å². The Hall–Kier alpha value is -1.79.